The predicted octanol–water partition coefficient (Wildman–Crippen LogP) is 1.89. The molecule has 0 saturated heterocycles. The molecular formula is C10H12N2O2. The molecule has 0 unspecified atom stereocenters. The molecule has 1 N–H and O–H groups in total. The Balaban J connectivity index is 2.81. The molecule has 2 rings (SSSR count). The SMILES string of the molecule is COc1ncc(OC)c2c(C)c[nH]c12. The number of nitrogens with one attached hydrogen (secondary N) is 1. The average Bonchev–Trinajstić information content (AvgIpc) is 2.60. The smallest absolute Gasteiger partial charge is 0.238 e. The van der Waals surface area contributed by atoms with Gasteiger partial charge in [0.25, 0.3) is 0 Å². The van der Waals surface area contributed by atoms with E-state index >= 15 is 0 Å². The van der Waals surface area contributed by atoms with Gasteiger partial charge in [-0.15, -0.1) is 0 Å². The van der Waals surface area contributed by atoms with Crippen LogP contribution in [0.15, 0.2) is 12.4 Å². The number of ether oxygens (including phenoxy) is 2. The van der Waals surface area contributed by atoms with Gasteiger partial charge in [-0.05, 0) is 12.5 Å². The molecule has 74 valence electrons. The van der Waals surface area contributed by atoms with Crippen molar-refractivity contribution < 1.29 is 9.47 Å². The second-order valence-corrected chi connectivity index (χ2v) is 3.06. The first-order valence-electron chi connectivity index (χ1n) is 4.32. The van der Waals surface area contributed by atoms with Crippen molar-refractivity contribution in [2.45, 2.75) is 6.92 Å². The molecule has 2 aromatic heterocycles. The number of methoxy groups -OCH3 is 2. The van der Waals surface area contributed by atoms with Crippen LogP contribution in [0.1, 0.15) is 5.56 Å². The molecule has 4 heteroatoms. The Morgan fingerprint density at radius 3 is 2.71 bits per heavy atom. The van der Waals surface area contributed by atoms with E-state index < -0.39 is 0 Å². The molecule has 0 aliphatic carbocycles. The summed E-state index contributed by atoms with van der Waals surface area (Å²) in [5, 5.41) is 1.03. The van der Waals surface area contributed by atoms with Crippen LogP contribution < -0.4 is 9.47 Å². The third-order valence-electron chi connectivity index (χ3n) is 2.25. The minimum absolute atomic E-state index is 0.592. The molecule has 0 fully saturated rings. The number of aryl methyl sites for hydroxylation is 1. The molecule has 4 nitrogen and oxygen atoms in total. The molecule has 0 aliphatic rings. The minimum Gasteiger partial charge on any atom is -0.494 e. The number of nitrogens with zero attached hydrogens (tertiary/aromatic N) is 1. The van der Waals surface area contributed by atoms with E-state index in [9.17, 15) is 0 Å². The Kier molecular flexibility index (Phi) is 2.04. The monoisotopic (exact) mass is 192 g/mol. The molecule has 0 aromatic carbocycles. The number of H-pyrrole nitrogens is 1. The lowest BCUT2D eigenvalue weighted by atomic mass is 10.2. The predicted molar refractivity (Wildman–Crippen MR) is 53.9 cm³/mol. The van der Waals surface area contributed by atoms with Crippen LogP contribution in [0.2, 0.25) is 0 Å². The highest BCUT2D eigenvalue weighted by atomic mass is 16.5. The lowest BCUT2D eigenvalue weighted by molar-refractivity contribution is 0.394. The van der Waals surface area contributed by atoms with E-state index in [1.807, 2.05) is 13.1 Å². The molecule has 2 heterocycles. The Labute approximate surface area is 81.9 Å². The molecule has 14 heavy (non-hydrogen) atoms. The van der Waals surface area contributed by atoms with Crippen LogP contribution in [-0.2, 0) is 0 Å². The van der Waals surface area contributed by atoms with Crippen molar-refractivity contribution in [1.82, 2.24) is 9.97 Å². The van der Waals surface area contributed by atoms with Crippen molar-refractivity contribution in [3.8, 4) is 11.6 Å². The lowest BCUT2D eigenvalue weighted by Crippen LogP contribution is -1.91. The highest BCUT2D eigenvalue weighted by Gasteiger charge is 2.11. The van der Waals surface area contributed by atoms with Gasteiger partial charge in [-0.25, -0.2) is 4.98 Å². The van der Waals surface area contributed by atoms with Gasteiger partial charge >= 0.3 is 0 Å². The van der Waals surface area contributed by atoms with Gasteiger partial charge in [0.15, 0.2) is 0 Å². The third-order valence-corrected chi connectivity index (χ3v) is 2.25. The highest BCUT2D eigenvalue weighted by molar-refractivity contribution is 5.92. The normalized spacial score (nSPS) is 10.5. The van der Waals surface area contributed by atoms with Crippen LogP contribution in [0.5, 0.6) is 11.6 Å². The van der Waals surface area contributed by atoms with Gasteiger partial charge in [-0.3, -0.25) is 0 Å². The largest absolute Gasteiger partial charge is 0.494 e. The van der Waals surface area contributed by atoms with Crippen molar-refractivity contribution in [3.05, 3.63) is 18.0 Å². The van der Waals surface area contributed by atoms with E-state index in [2.05, 4.69) is 9.97 Å². The van der Waals surface area contributed by atoms with E-state index in [4.69, 9.17) is 9.47 Å². The molecule has 0 atom stereocenters. The van der Waals surface area contributed by atoms with Gasteiger partial charge < -0.3 is 14.5 Å². The van der Waals surface area contributed by atoms with Crippen LogP contribution in [-0.4, -0.2) is 24.2 Å². The number of hydrogen-bond donors (Lipinski definition) is 1. The van der Waals surface area contributed by atoms with Crippen molar-refractivity contribution >= 4 is 10.9 Å². The fourth-order valence-corrected chi connectivity index (χ4v) is 1.56. The van der Waals surface area contributed by atoms with Crippen LogP contribution in [0, 0.1) is 6.92 Å². The number of aromatic amines is 1. The summed E-state index contributed by atoms with van der Waals surface area (Å²) in [7, 11) is 3.24. The molecule has 0 bridgehead atoms. The zero-order chi connectivity index (χ0) is 10.1. The van der Waals surface area contributed by atoms with Crippen LogP contribution in [0.25, 0.3) is 10.9 Å². The van der Waals surface area contributed by atoms with Crippen molar-refractivity contribution in [2.75, 3.05) is 14.2 Å². The third kappa shape index (κ3) is 1.11. The number of pyridine rings is 1. The highest BCUT2D eigenvalue weighted by Crippen LogP contribution is 2.32. The molecule has 0 spiro atoms. The molecular weight excluding hydrogens is 180 g/mol. The maximum Gasteiger partial charge on any atom is 0.238 e. The summed E-state index contributed by atoms with van der Waals surface area (Å²) in [6, 6.07) is 0. The van der Waals surface area contributed by atoms with E-state index in [0.717, 1.165) is 22.2 Å². The number of rotatable bonds is 2. The summed E-state index contributed by atoms with van der Waals surface area (Å²) < 4.78 is 10.4. The zero-order valence-corrected chi connectivity index (χ0v) is 8.42. The Bertz CT molecular complexity index is 462. The zero-order valence-electron chi connectivity index (χ0n) is 8.42. The van der Waals surface area contributed by atoms with Crippen molar-refractivity contribution in [2.24, 2.45) is 0 Å². The molecule has 2 aromatic rings. The summed E-state index contributed by atoms with van der Waals surface area (Å²) in [4.78, 5) is 7.25. The number of hydrogen-bond acceptors (Lipinski definition) is 3. The molecule has 0 saturated carbocycles. The van der Waals surface area contributed by atoms with Gasteiger partial charge in [0.2, 0.25) is 5.88 Å². The molecule has 0 radical (unpaired) electrons. The first kappa shape index (κ1) is 8.87. The summed E-state index contributed by atoms with van der Waals surface area (Å²) in [5.41, 5.74) is 2.00. The van der Waals surface area contributed by atoms with Gasteiger partial charge in [0, 0.05) is 6.20 Å². The molecule has 0 amide bonds. The first-order chi connectivity index (χ1) is 6.77. The molecule has 0 aliphatic heterocycles. The fourth-order valence-electron chi connectivity index (χ4n) is 1.56. The maximum absolute atomic E-state index is 5.23. The van der Waals surface area contributed by atoms with Crippen LogP contribution in [0.4, 0.5) is 0 Å². The minimum atomic E-state index is 0.592. The van der Waals surface area contributed by atoms with Crippen LogP contribution >= 0.6 is 0 Å². The average molecular weight is 192 g/mol. The van der Waals surface area contributed by atoms with E-state index in [1.54, 1.807) is 20.4 Å². The van der Waals surface area contributed by atoms with Gasteiger partial charge in [0.05, 0.1) is 25.8 Å². The summed E-state index contributed by atoms with van der Waals surface area (Å²) in [6.07, 6.45) is 3.58. The number of fused-ring (bicyclic) bond motifs is 1. The first-order valence-corrected chi connectivity index (χ1v) is 4.32. The quantitative estimate of drug-likeness (QED) is 0.790. The topological polar surface area (TPSA) is 47.1 Å². The Hall–Kier alpha value is -1.71. The van der Waals surface area contributed by atoms with Gasteiger partial charge in [0.1, 0.15) is 11.3 Å². The Morgan fingerprint density at radius 1 is 1.29 bits per heavy atom. The fraction of sp³-hybridized carbons (Fsp3) is 0.300. The van der Waals surface area contributed by atoms with Crippen molar-refractivity contribution in [1.29, 1.82) is 0 Å². The summed E-state index contributed by atoms with van der Waals surface area (Å²) >= 11 is 0. The standard InChI is InChI=1S/C10H12N2O2/c1-6-4-11-9-8(6)7(13-2)5-12-10(9)14-3/h4-5,11H,1-3H3. The maximum atomic E-state index is 5.23. The van der Waals surface area contributed by atoms with Gasteiger partial charge in [-0.2, -0.15) is 0 Å². The number of aromatic nitrogens is 2. The second kappa shape index (κ2) is 3.21. The lowest BCUT2D eigenvalue weighted by Gasteiger charge is -2.05. The Morgan fingerprint density at radius 2 is 2.07 bits per heavy atom. The second-order valence-electron chi connectivity index (χ2n) is 3.06. The summed E-state index contributed by atoms with van der Waals surface area (Å²) in [6.45, 7) is 2.01. The van der Waals surface area contributed by atoms with Crippen molar-refractivity contribution in [3.63, 3.8) is 0 Å². The van der Waals surface area contributed by atoms with Crippen LogP contribution in [0.3, 0.4) is 0 Å². The summed E-state index contributed by atoms with van der Waals surface area (Å²) in [5.74, 6) is 1.36. The van der Waals surface area contributed by atoms with Gasteiger partial charge in [-0.1, -0.05) is 0 Å². The van der Waals surface area contributed by atoms with E-state index in [-0.39, 0.29) is 0 Å². The van der Waals surface area contributed by atoms with E-state index in [1.165, 1.54) is 0 Å². The van der Waals surface area contributed by atoms with E-state index in [0.29, 0.717) is 5.88 Å².